The van der Waals surface area contributed by atoms with Gasteiger partial charge in [-0.25, -0.2) is 8.42 Å². The molecule has 0 radical (unpaired) electrons. The molecule has 0 N–H and O–H groups in total. The quantitative estimate of drug-likeness (QED) is 0.695. The van der Waals surface area contributed by atoms with E-state index in [1.807, 2.05) is 31.3 Å². The van der Waals surface area contributed by atoms with Crippen LogP contribution in [0.2, 0.25) is 0 Å². The lowest BCUT2D eigenvalue weighted by Crippen LogP contribution is -2.38. The molecule has 1 aliphatic heterocycles. The maximum absolute atomic E-state index is 13.7. The number of rotatable bonds is 5. The van der Waals surface area contributed by atoms with E-state index in [4.69, 9.17) is 4.74 Å². The van der Waals surface area contributed by atoms with Gasteiger partial charge in [-0.1, -0.05) is 37.5 Å². The topological polar surface area (TPSA) is 66.9 Å². The number of ether oxygens (including phenoxy) is 1. The third-order valence-electron chi connectivity index (χ3n) is 6.49. The van der Waals surface area contributed by atoms with Crippen LogP contribution in [0.3, 0.4) is 0 Å². The average Bonchev–Trinajstić information content (AvgIpc) is 2.82. The Labute approximate surface area is 184 Å². The van der Waals surface area contributed by atoms with Crippen LogP contribution in [0.5, 0.6) is 5.75 Å². The minimum atomic E-state index is -3.89. The summed E-state index contributed by atoms with van der Waals surface area (Å²) < 4.78 is 34.2. The monoisotopic (exact) mass is 442 g/mol. The first kappa shape index (κ1) is 21.7. The summed E-state index contributed by atoms with van der Waals surface area (Å²) in [5.74, 6) is 0.102. The number of sulfonamides is 1. The second-order valence-corrected chi connectivity index (χ2v) is 10.2. The minimum absolute atomic E-state index is 0.0367. The highest BCUT2D eigenvalue weighted by molar-refractivity contribution is 7.93. The number of hydrogen-bond donors (Lipinski definition) is 0. The number of carbonyl (C=O) groups excluding carboxylic acids is 1. The molecule has 2 aliphatic rings. The molecule has 1 aliphatic carbocycles. The number of amides is 1. The van der Waals surface area contributed by atoms with Crippen molar-refractivity contribution < 1.29 is 17.9 Å². The number of carbonyl (C=O) groups is 1. The Morgan fingerprint density at radius 1 is 1.06 bits per heavy atom. The van der Waals surface area contributed by atoms with E-state index >= 15 is 0 Å². The number of hydrogen-bond acceptors (Lipinski definition) is 4. The molecule has 1 fully saturated rings. The van der Waals surface area contributed by atoms with Gasteiger partial charge in [-0.15, -0.1) is 0 Å². The molecular formula is C24H30N2O4S. The fourth-order valence-electron chi connectivity index (χ4n) is 4.72. The van der Waals surface area contributed by atoms with Crippen LogP contribution in [-0.2, 0) is 16.4 Å². The minimum Gasteiger partial charge on any atom is -0.495 e. The van der Waals surface area contributed by atoms with Crippen molar-refractivity contribution in [1.82, 2.24) is 4.90 Å². The van der Waals surface area contributed by atoms with Gasteiger partial charge in [0.1, 0.15) is 10.6 Å². The molecule has 6 nitrogen and oxygen atoms in total. The Balaban J connectivity index is 1.70. The highest BCUT2D eigenvalue weighted by Crippen LogP contribution is 2.35. The summed E-state index contributed by atoms with van der Waals surface area (Å²) in [7, 11) is -0.618. The average molecular weight is 443 g/mol. The van der Waals surface area contributed by atoms with E-state index in [0.717, 1.165) is 44.1 Å². The van der Waals surface area contributed by atoms with Gasteiger partial charge < -0.3 is 9.64 Å². The summed E-state index contributed by atoms with van der Waals surface area (Å²) in [5.41, 5.74) is 2.09. The number of fused-ring (bicyclic) bond motifs is 1. The lowest BCUT2D eigenvalue weighted by atomic mass is 9.94. The maximum Gasteiger partial charge on any atom is 0.268 e. The van der Waals surface area contributed by atoms with Crippen molar-refractivity contribution in [1.29, 1.82) is 0 Å². The van der Waals surface area contributed by atoms with Crippen LogP contribution >= 0.6 is 0 Å². The van der Waals surface area contributed by atoms with E-state index < -0.39 is 10.0 Å². The van der Waals surface area contributed by atoms with E-state index in [1.165, 1.54) is 23.9 Å². The number of nitrogens with zero attached hydrogens (tertiary/aromatic N) is 2. The molecular weight excluding hydrogens is 412 g/mol. The molecule has 2 aromatic carbocycles. The molecule has 0 atom stereocenters. The zero-order chi connectivity index (χ0) is 22.0. The molecule has 0 saturated heterocycles. The van der Waals surface area contributed by atoms with Crippen LogP contribution in [0.1, 0.15) is 54.4 Å². The second-order valence-electron chi connectivity index (χ2n) is 8.38. The van der Waals surface area contributed by atoms with Crippen LogP contribution in [0.4, 0.5) is 5.69 Å². The molecule has 2 aromatic rings. The molecule has 1 heterocycles. The lowest BCUT2D eigenvalue weighted by Gasteiger charge is -2.32. The summed E-state index contributed by atoms with van der Waals surface area (Å²) in [4.78, 5) is 15.0. The summed E-state index contributed by atoms with van der Waals surface area (Å²) in [6.45, 7) is 0.405. The van der Waals surface area contributed by atoms with E-state index in [9.17, 15) is 13.2 Å². The van der Waals surface area contributed by atoms with Crippen molar-refractivity contribution >= 4 is 21.6 Å². The predicted octanol–water partition coefficient (Wildman–Crippen LogP) is 4.24. The number of benzene rings is 2. The molecule has 0 spiro atoms. The highest BCUT2D eigenvalue weighted by Gasteiger charge is 2.32. The molecule has 0 bridgehead atoms. The number of para-hydroxylation sites is 1. The fraction of sp³-hybridized carbons (Fsp3) is 0.458. The smallest absolute Gasteiger partial charge is 0.268 e. The third kappa shape index (κ3) is 4.15. The van der Waals surface area contributed by atoms with Gasteiger partial charge in [-0.3, -0.25) is 9.10 Å². The molecule has 0 aromatic heterocycles. The van der Waals surface area contributed by atoms with E-state index in [2.05, 4.69) is 0 Å². The van der Waals surface area contributed by atoms with Gasteiger partial charge in [-0.05, 0) is 55.5 Å². The number of aryl methyl sites for hydroxylation is 1. The molecule has 0 unspecified atom stereocenters. The Morgan fingerprint density at radius 2 is 1.81 bits per heavy atom. The van der Waals surface area contributed by atoms with Crippen molar-refractivity contribution in [3.05, 3.63) is 53.6 Å². The first-order chi connectivity index (χ1) is 14.9. The first-order valence-electron chi connectivity index (χ1n) is 11.0. The normalized spacial score (nSPS) is 17.2. The van der Waals surface area contributed by atoms with E-state index in [1.54, 1.807) is 17.0 Å². The van der Waals surface area contributed by atoms with Crippen LogP contribution in [0.15, 0.2) is 47.4 Å². The SMILES string of the molecule is COc1ccc(C(=O)N(C)C2CCCCC2)cc1S(=O)(=O)N1CCCc2ccccc21. The van der Waals surface area contributed by atoms with E-state index in [-0.39, 0.29) is 22.6 Å². The van der Waals surface area contributed by atoms with Gasteiger partial charge in [0, 0.05) is 25.2 Å². The van der Waals surface area contributed by atoms with Crippen molar-refractivity contribution in [2.45, 2.75) is 55.9 Å². The van der Waals surface area contributed by atoms with Crippen molar-refractivity contribution in [3.63, 3.8) is 0 Å². The van der Waals surface area contributed by atoms with Crippen molar-refractivity contribution in [3.8, 4) is 5.75 Å². The standard InChI is InChI=1S/C24H30N2O4S/c1-25(20-11-4-3-5-12-20)24(27)19-14-15-22(30-2)23(17-19)31(28,29)26-16-8-10-18-9-6-7-13-21(18)26/h6-7,9,13-15,17,20H,3-5,8,10-12,16H2,1-2H3. The molecule has 1 saturated carbocycles. The molecule has 7 heteroatoms. The van der Waals surface area contributed by atoms with Gasteiger partial charge >= 0.3 is 0 Å². The maximum atomic E-state index is 13.7. The zero-order valence-electron chi connectivity index (χ0n) is 18.2. The highest BCUT2D eigenvalue weighted by atomic mass is 32.2. The van der Waals surface area contributed by atoms with E-state index in [0.29, 0.717) is 17.8 Å². The fourth-order valence-corrected chi connectivity index (χ4v) is 6.44. The first-order valence-corrected chi connectivity index (χ1v) is 12.4. The summed E-state index contributed by atoms with van der Waals surface area (Å²) in [5, 5.41) is 0. The number of anilines is 1. The van der Waals surface area contributed by atoms with Gasteiger partial charge in [0.25, 0.3) is 15.9 Å². The Kier molecular flexibility index (Phi) is 6.23. The molecule has 166 valence electrons. The Morgan fingerprint density at radius 3 is 2.55 bits per heavy atom. The summed E-state index contributed by atoms with van der Waals surface area (Å²) >= 11 is 0. The number of methoxy groups -OCH3 is 1. The van der Waals surface area contributed by atoms with Crippen molar-refractivity contribution in [2.24, 2.45) is 0 Å². The Hall–Kier alpha value is -2.54. The summed E-state index contributed by atoms with van der Waals surface area (Å²) in [6.07, 6.45) is 7.05. The summed E-state index contributed by atoms with van der Waals surface area (Å²) in [6, 6.07) is 12.5. The molecule has 31 heavy (non-hydrogen) atoms. The van der Waals surface area contributed by atoms with Crippen molar-refractivity contribution in [2.75, 3.05) is 25.0 Å². The van der Waals surface area contributed by atoms with Gasteiger partial charge in [-0.2, -0.15) is 0 Å². The second kappa shape index (κ2) is 8.91. The predicted molar refractivity (Wildman–Crippen MR) is 121 cm³/mol. The lowest BCUT2D eigenvalue weighted by molar-refractivity contribution is 0.0696. The van der Waals surface area contributed by atoms with Gasteiger partial charge in [0.2, 0.25) is 0 Å². The Bertz CT molecular complexity index is 1060. The third-order valence-corrected chi connectivity index (χ3v) is 8.32. The largest absolute Gasteiger partial charge is 0.495 e. The van der Waals surface area contributed by atoms with Crippen LogP contribution in [0.25, 0.3) is 0 Å². The molecule has 1 amide bonds. The van der Waals surface area contributed by atoms with Gasteiger partial charge in [0.05, 0.1) is 12.8 Å². The van der Waals surface area contributed by atoms with Crippen LogP contribution < -0.4 is 9.04 Å². The van der Waals surface area contributed by atoms with Crippen LogP contribution in [0, 0.1) is 0 Å². The molecule has 4 rings (SSSR count). The van der Waals surface area contributed by atoms with Gasteiger partial charge in [0.15, 0.2) is 0 Å². The zero-order valence-corrected chi connectivity index (χ0v) is 19.0. The van der Waals surface area contributed by atoms with Crippen LogP contribution in [-0.4, -0.2) is 46.0 Å².